The Bertz CT molecular complexity index is 399. The van der Waals surface area contributed by atoms with E-state index in [1.807, 2.05) is 24.3 Å². The Morgan fingerprint density at radius 2 is 2.11 bits per heavy atom. The van der Waals surface area contributed by atoms with Crippen LogP contribution in [0.25, 0.3) is 0 Å². The molecule has 0 saturated carbocycles. The normalized spacial score (nSPS) is 23.0. The molecular weight excluding hydrogens is 226 g/mol. The largest absolute Gasteiger partial charge is 0.494 e. The minimum atomic E-state index is 0.118. The molecule has 1 aromatic rings. The molecular formula is C15H21NO2. The van der Waals surface area contributed by atoms with Crippen LogP contribution in [-0.4, -0.2) is 25.0 Å². The standard InChI is InChI=1S/C15H21NO2/c1-3-10-18-13-6-4-12(5-7-13)15(17)14-8-9-16-11(14)2/h4-7,11,14,16H,3,8-10H2,1-2H3. The summed E-state index contributed by atoms with van der Waals surface area (Å²) in [6, 6.07) is 7.80. The van der Waals surface area contributed by atoms with Gasteiger partial charge in [0, 0.05) is 17.5 Å². The maximum atomic E-state index is 12.3. The van der Waals surface area contributed by atoms with E-state index in [4.69, 9.17) is 4.74 Å². The van der Waals surface area contributed by atoms with Crippen molar-refractivity contribution in [2.45, 2.75) is 32.7 Å². The average Bonchev–Trinajstić information content (AvgIpc) is 2.82. The summed E-state index contributed by atoms with van der Waals surface area (Å²) in [5, 5.41) is 3.31. The second-order valence-corrected chi connectivity index (χ2v) is 4.88. The smallest absolute Gasteiger partial charge is 0.167 e. The fourth-order valence-electron chi connectivity index (χ4n) is 2.37. The summed E-state index contributed by atoms with van der Waals surface area (Å²) in [6.45, 7) is 5.81. The lowest BCUT2D eigenvalue weighted by molar-refractivity contribution is 0.0914. The molecule has 1 N–H and O–H groups in total. The first-order valence-corrected chi connectivity index (χ1v) is 6.73. The fraction of sp³-hybridized carbons (Fsp3) is 0.533. The minimum absolute atomic E-state index is 0.118. The van der Waals surface area contributed by atoms with Gasteiger partial charge in [0.25, 0.3) is 0 Å². The SMILES string of the molecule is CCCOc1ccc(C(=O)C2CCNC2C)cc1. The van der Waals surface area contributed by atoms with Crippen LogP contribution in [0.15, 0.2) is 24.3 Å². The Balaban J connectivity index is 2.02. The molecule has 18 heavy (non-hydrogen) atoms. The predicted octanol–water partition coefficient (Wildman–Crippen LogP) is 2.66. The van der Waals surface area contributed by atoms with E-state index in [1.165, 1.54) is 0 Å². The topological polar surface area (TPSA) is 38.3 Å². The second-order valence-electron chi connectivity index (χ2n) is 4.88. The molecule has 1 aliphatic rings. The van der Waals surface area contributed by atoms with Crippen LogP contribution < -0.4 is 10.1 Å². The van der Waals surface area contributed by atoms with Crippen LogP contribution >= 0.6 is 0 Å². The summed E-state index contributed by atoms with van der Waals surface area (Å²) < 4.78 is 5.51. The molecule has 2 rings (SSSR count). The molecule has 1 fully saturated rings. The third-order valence-electron chi connectivity index (χ3n) is 3.47. The molecule has 2 atom stereocenters. The van der Waals surface area contributed by atoms with Crippen LogP contribution in [0.1, 0.15) is 37.0 Å². The van der Waals surface area contributed by atoms with Gasteiger partial charge >= 0.3 is 0 Å². The predicted molar refractivity (Wildman–Crippen MR) is 72.1 cm³/mol. The van der Waals surface area contributed by atoms with Gasteiger partial charge in [0.15, 0.2) is 5.78 Å². The Hall–Kier alpha value is -1.35. The first-order valence-electron chi connectivity index (χ1n) is 6.73. The van der Waals surface area contributed by atoms with E-state index < -0.39 is 0 Å². The quantitative estimate of drug-likeness (QED) is 0.813. The molecule has 1 aromatic carbocycles. The molecule has 1 heterocycles. The summed E-state index contributed by atoms with van der Waals surface area (Å²) in [6.07, 6.45) is 1.93. The number of Topliss-reactive ketones (excluding diaryl/α,β-unsaturated/α-hetero) is 1. The zero-order valence-electron chi connectivity index (χ0n) is 11.1. The van der Waals surface area contributed by atoms with Crippen molar-refractivity contribution in [1.82, 2.24) is 5.32 Å². The Morgan fingerprint density at radius 3 is 2.67 bits per heavy atom. The van der Waals surface area contributed by atoms with E-state index in [2.05, 4.69) is 19.2 Å². The van der Waals surface area contributed by atoms with Gasteiger partial charge in [-0.1, -0.05) is 6.92 Å². The third kappa shape index (κ3) is 2.91. The Labute approximate surface area is 109 Å². The van der Waals surface area contributed by atoms with Crippen LogP contribution in [0, 0.1) is 5.92 Å². The van der Waals surface area contributed by atoms with Crippen molar-refractivity contribution in [2.24, 2.45) is 5.92 Å². The molecule has 98 valence electrons. The number of rotatable bonds is 5. The van der Waals surface area contributed by atoms with Crippen molar-refractivity contribution < 1.29 is 9.53 Å². The molecule has 0 bridgehead atoms. The Kier molecular flexibility index (Phi) is 4.37. The van der Waals surface area contributed by atoms with Gasteiger partial charge in [0.05, 0.1) is 6.61 Å². The van der Waals surface area contributed by atoms with Crippen molar-refractivity contribution in [3.63, 3.8) is 0 Å². The van der Waals surface area contributed by atoms with Crippen LogP contribution in [0.2, 0.25) is 0 Å². The van der Waals surface area contributed by atoms with E-state index in [0.717, 1.165) is 37.3 Å². The van der Waals surface area contributed by atoms with Crippen LogP contribution in [0.5, 0.6) is 5.75 Å². The molecule has 0 aromatic heterocycles. The zero-order chi connectivity index (χ0) is 13.0. The van der Waals surface area contributed by atoms with Gasteiger partial charge < -0.3 is 10.1 Å². The highest BCUT2D eigenvalue weighted by Gasteiger charge is 2.29. The highest BCUT2D eigenvalue weighted by Crippen LogP contribution is 2.22. The number of carbonyl (C=O) groups is 1. The lowest BCUT2D eigenvalue weighted by atomic mass is 9.92. The maximum Gasteiger partial charge on any atom is 0.167 e. The number of nitrogens with one attached hydrogen (secondary N) is 1. The van der Waals surface area contributed by atoms with E-state index in [9.17, 15) is 4.79 Å². The number of ether oxygens (including phenoxy) is 1. The molecule has 0 radical (unpaired) electrons. The first kappa shape index (κ1) is 13.1. The maximum absolute atomic E-state index is 12.3. The van der Waals surface area contributed by atoms with Crippen molar-refractivity contribution in [1.29, 1.82) is 0 Å². The summed E-state index contributed by atoms with van der Waals surface area (Å²) in [4.78, 5) is 12.3. The molecule has 0 amide bonds. The second kappa shape index (κ2) is 6.01. The number of ketones is 1. The number of hydrogen-bond acceptors (Lipinski definition) is 3. The lowest BCUT2D eigenvalue weighted by Crippen LogP contribution is -2.28. The van der Waals surface area contributed by atoms with E-state index in [1.54, 1.807) is 0 Å². The van der Waals surface area contributed by atoms with Crippen LogP contribution in [0.4, 0.5) is 0 Å². The summed E-state index contributed by atoms with van der Waals surface area (Å²) in [5.74, 6) is 1.20. The number of carbonyl (C=O) groups excluding carboxylic acids is 1. The lowest BCUT2D eigenvalue weighted by Gasteiger charge is -2.14. The molecule has 3 nitrogen and oxygen atoms in total. The first-order chi connectivity index (χ1) is 8.72. The van der Waals surface area contributed by atoms with Crippen LogP contribution in [0.3, 0.4) is 0 Å². The summed E-state index contributed by atoms with van der Waals surface area (Å²) >= 11 is 0. The Morgan fingerprint density at radius 1 is 1.39 bits per heavy atom. The van der Waals surface area contributed by atoms with Gasteiger partial charge in [-0.3, -0.25) is 4.79 Å². The van der Waals surface area contributed by atoms with Gasteiger partial charge in [0.2, 0.25) is 0 Å². The van der Waals surface area contributed by atoms with E-state index in [-0.39, 0.29) is 17.7 Å². The monoisotopic (exact) mass is 247 g/mol. The van der Waals surface area contributed by atoms with Gasteiger partial charge in [-0.15, -0.1) is 0 Å². The summed E-state index contributed by atoms with van der Waals surface area (Å²) in [5.41, 5.74) is 0.791. The fourth-order valence-corrected chi connectivity index (χ4v) is 2.37. The van der Waals surface area contributed by atoms with Gasteiger partial charge in [0.1, 0.15) is 5.75 Å². The molecule has 1 saturated heterocycles. The van der Waals surface area contributed by atoms with Gasteiger partial charge in [-0.2, -0.15) is 0 Å². The van der Waals surface area contributed by atoms with E-state index in [0.29, 0.717) is 0 Å². The molecule has 1 aliphatic heterocycles. The van der Waals surface area contributed by atoms with Gasteiger partial charge in [-0.05, 0) is 50.6 Å². The molecule has 0 aliphatic carbocycles. The number of benzene rings is 1. The third-order valence-corrected chi connectivity index (χ3v) is 3.47. The van der Waals surface area contributed by atoms with Crippen LogP contribution in [-0.2, 0) is 0 Å². The molecule has 2 unspecified atom stereocenters. The van der Waals surface area contributed by atoms with Crippen molar-refractivity contribution in [2.75, 3.05) is 13.2 Å². The summed E-state index contributed by atoms with van der Waals surface area (Å²) in [7, 11) is 0. The molecule has 3 heteroatoms. The van der Waals surface area contributed by atoms with Crippen molar-refractivity contribution in [3.8, 4) is 5.75 Å². The average molecular weight is 247 g/mol. The van der Waals surface area contributed by atoms with Crippen molar-refractivity contribution in [3.05, 3.63) is 29.8 Å². The molecule has 0 spiro atoms. The minimum Gasteiger partial charge on any atom is -0.494 e. The zero-order valence-corrected chi connectivity index (χ0v) is 11.1. The van der Waals surface area contributed by atoms with Crippen molar-refractivity contribution >= 4 is 5.78 Å². The highest BCUT2D eigenvalue weighted by atomic mass is 16.5. The number of hydrogen-bond donors (Lipinski definition) is 1. The van der Waals surface area contributed by atoms with E-state index >= 15 is 0 Å². The highest BCUT2D eigenvalue weighted by molar-refractivity contribution is 5.98. The van der Waals surface area contributed by atoms with Gasteiger partial charge in [-0.25, -0.2) is 0 Å².